The van der Waals surface area contributed by atoms with Gasteiger partial charge in [0.2, 0.25) is 5.91 Å². The summed E-state index contributed by atoms with van der Waals surface area (Å²) in [5.41, 5.74) is 4.36. The number of anilines is 1. The zero-order valence-electron chi connectivity index (χ0n) is 19.3. The minimum absolute atomic E-state index is 0.0172. The van der Waals surface area contributed by atoms with Crippen molar-refractivity contribution in [1.29, 1.82) is 0 Å². The van der Waals surface area contributed by atoms with Crippen molar-refractivity contribution < 1.29 is 14.0 Å². The molecular weight excluding hydrogens is 499 g/mol. The van der Waals surface area contributed by atoms with Gasteiger partial charge in [-0.1, -0.05) is 65.3 Å². The number of nitrogens with one attached hydrogen (secondary N) is 1. The molecule has 2 heterocycles. The van der Waals surface area contributed by atoms with Gasteiger partial charge in [0.15, 0.2) is 5.17 Å². The van der Waals surface area contributed by atoms with E-state index in [4.69, 9.17) is 16.7 Å². The number of amides is 2. The molecule has 5 rings (SSSR count). The van der Waals surface area contributed by atoms with Crippen molar-refractivity contribution in [3.05, 3.63) is 100 Å². The quantitative estimate of drug-likeness (QED) is 0.450. The molecule has 2 amide bonds. The Labute approximate surface area is 217 Å². The molecule has 2 atom stereocenters. The van der Waals surface area contributed by atoms with E-state index in [1.165, 1.54) is 23.9 Å². The molecule has 36 heavy (non-hydrogen) atoms. The van der Waals surface area contributed by atoms with Gasteiger partial charge in [-0.15, -0.1) is 0 Å². The van der Waals surface area contributed by atoms with E-state index in [1.54, 1.807) is 41.4 Å². The van der Waals surface area contributed by atoms with E-state index < -0.39 is 5.25 Å². The Bertz CT molecular complexity index is 1360. The van der Waals surface area contributed by atoms with Gasteiger partial charge in [0.25, 0.3) is 5.91 Å². The Morgan fingerprint density at radius 3 is 2.47 bits per heavy atom. The van der Waals surface area contributed by atoms with Gasteiger partial charge < -0.3 is 5.32 Å². The first-order valence-electron chi connectivity index (χ1n) is 11.4. The number of benzene rings is 3. The second-order valence-electron chi connectivity index (χ2n) is 8.63. The molecule has 182 valence electrons. The fraction of sp³-hybridized carbons (Fsp3) is 0.185. The van der Waals surface area contributed by atoms with Crippen molar-refractivity contribution in [3.63, 3.8) is 0 Å². The summed E-state index contributed by atoms with van der Waals surface area (Å²) in [6, 6.07) is 20.9. The summed E-state index contributed by atoms with van der Waals surface area (Å²) in [6.07, 6.45) is 0.556. The average Bonchev–Trinajstić information content (AvgIpc) is 3.45. The molecule has 3 aromatic rings. The van der Waals surface area contributed by atoms with Crippen molar-refractivity contribution in [2.45, 2.75) is 31.1 Å². The van der Waals surface area contributed by atoms with E-state index in [2.05, 4.69) is 10.3 Å². The Balaban J connectivity index is 1.35. The molecule has 0 radical (unpaired) electrons. The zero-order valence-corrected chi connectivity index (χ0v) is 20.9. The molecule has 0 spiro atoms. The number of carbonyl (C=O) groups excluding carboxylic acids is 2. The third-order valence-electron chi connectivity index (χ3n) is 5.97. The molecular formula is C27H22ClFN4O2S. The van der Waals surface area contributed by atoms with Crippen LogP contribution in [-0.2, 0) is 9.59 Å². The number of hydrogen-bond acceptors (Lipinski definition) is 5. The maximum absolute atomic E-state index is 13.5. The van der Waals surface area contributed by atoms with Crippen LogP contribution in [-0.4, -0.2) is 33.0 Å². The number of hydrogen-bond donors (Lipinski definition) is 1. The number of aryl methyl sites for hydroxylation is 1. The smallest absolute Gasteiger partial charge is 0.262 e. The largest absolute Gasteiger partial charge is 0.326 e. The number of hydrazone groups is 1. The zero-order chi connectivity index (χ0) is 25.2. The number of carbonyl (C=O) groups is 2. The molecule has 1 N–H and O–H groups in total. The Kier molecular flexibility index (Phi) is 6.89. The van der Waals surface area contributed by atoms with E-state index in [-0.39, 0.29) is 30.1 Å². The molecule has 0 fully saturated rings. The van der Waals surface area contributed by atoms with E-state index >= 15 is 0 Å². The lowest BCUT2D eigenvalue weighted by atomic mass is 9.98. The minimum Gasteiger partial charge on any atom is -0.326 e. The van der Waals surface area contributed by atoms with Crippen LogP contribution in [0.25, 0.3) is 0 Å². The maximum atomic E-state index is 13.5. The van der Waals surface area contributed by atoms with Gasteiger partial charge in [-0.3, -0.25) is 9.59 Å². The lowest BCUT2D eigenvalue weighted by molar-refractivity contribution is -0.121. The van der Waals surface area contributed by atoms with Crippen molar-refractivity contribution in [3.8, 4) is 0 Å². The minimum atomic E-state index is -0.643. The molecule has 2 aliphatic rings. The van der Waals surface area contributed by atoms with Crippen LogP contribution >= 0.6 is 23.4 Å². The van der Waals surface area contributed by atoms with E-state index in [0.29, 0.717) is 22.3 Å². The molecule has 6 nitrogen and oxygen atoms in total. The van der Waals surface area contributed by atoms with Crippen LogP contribution in [0.3, 0.4) is 0 Å². The highest BCUT2D eigenvalue weighted by molar-refractivity contribution is 8.15. The summed E-state index contributed by atoms with van der Waals surface area (Å²) in [4.78, 5) is 29.6. The van der Waals surface area contributed by atoms with Crippen molar-refractivity contribution in [2.75, 3.05) is 5.32 Å². The molecule has 0 saturated heterocycles. The Hall–Kier alpha value is -3.49. The first-order chi connectivity index (χ1) is 17.4. The van der Waals surface area contributed by atoms with Gasteiger partial charge in [-0.25, -0.2) is 9.40 Å². The number of rotatable bonds is 5. The van der Waals surface area contributed by atoms with Crippen LogP contribution in [0.15, 0.2) is 82.9 Å². The summed E-state index contributed by atoms with van der Waals surface area (Å²) in [6.45, 7) is 2.02. The molecule has 3 aromatic carbocycles. The summed E-state index contributed by atoms with van der Waals surface area (Å²) >= 11 is 7.13. The maximum Gasteiger partial charge on any atom is 0.262 e. The fourth-order valence-corrected chi connectivity index (χ4v) is 5.26. The van der Waals surface area contributed by atoms with Crippen LogP contribution in [0.5, 0.6) is 0 Å². The lowest BCUT2D eigenvalue weighted by Crippen LogP contribution is -2.25. The van der Waals surface area contributed by atoms with E-state index in [0.717, 1.165) is 22.4 Å². The highest BCUT2D eigenvalue weighted by atomic mass is 35.5. The van der Waals surface area contributed by atoms with E-state index in [1.807, 2.05) is 31.2 Å². The third-order valence-corrected chi connectivity index (χ3v) is 7.37. The van der Waals surface area contributed by atoms with Crippen LogP contribution < -0.4 is 5.32 Å². The molecule has 0 aliphatic carbocycles. The summed E-state index contributed by atoms with van der Waals surface area (Å²) in [5.74, 6) is -0.966. The number of thioether (sulfide) groups is 1. The molecule has 0 unspecified atom stereocenters. The Morgan fingerprint density at radius 1 is 1.08 bits per heavy atom. The van der Waals surface area contributed by atoms with Gasteiger partial charge in [-0.05, 0) is 54.4 Å². The normalized spacial score (nSPS) is 19.3. The van der Waals surface area contributed by atoms with Crippen LogP contribution in [0.1, 0.15) is 35.6 Å². The SMILES string of the molecule is Cc1ccc([C@H]2CC(c3ccc(F)cc3)=NN2C2=NC(=O)[C@H](CC(=O)Nc3ccc(Cl)cc3)S2)cc1. The van der Waals surface area contributed by atoms with Crippen LogP contribution in [0, 0.1) is 12.7 Å². The van der Waals surface area contributed by atoms with Crippen molar-refractivity contribution in [2.24, 2.45) is 10.1 Å². The van der Waals surface area contributed by atoms with Gasteiger partial charge in [-0.2, -0.15) is 10.1 Å². The third kappa shape index (κ3) is 5.34. The standard InChI is InChI=1S/C27H22ClFN4O2S/c1-16-2-4-18(5-3-16)23-14-22(17-6-10-20(29)11-7-17)32-33(23)27-31-26(35)24(36-27)15-25(34)30-21-12-8-19(28)9-13-21/h2-13,23-24H,14-15H2,1H3,(H,30,34)/t23-,24+/m1/s1. The number of amidine groups is 1. The van der Waals surface area contributed by atoms with Crippen LogP contribution in [0.2, 0.25) is 5.02 Å². The summed E-state index contributed by atoms with van der Waals surface area (Å²) in [5, 5.41) is 9.71. The monoisotopic (exact) mass is 520 g/mol. The number of nitrogens with zero attached hydrogens (tertiary/aromatic N) is 3. The number of halogens is 2. The van der Waals surface area contributed by atoms with Gasteiger partial charge in [0.05, 0.1) is 11.8 Å². The molecule has 0 saturated carbocycles. The van der Waals surface area contributed by atoms with Gasteiger partial charge >= 0.3 is 0 Å². The predicted molar refractivity (Wildman–Crippen MR) is 142 cm³/mol. The fourth-order valence-electron chi connectivity index (χ4n) is 4.07. The van der Waals surface area contributed by atoms with Crippen molar-refractivity contribution >= 4 is 51.7 Å². The topological polar surface area (TPSA) is 74.1 Å². The lowest BCUT2D eigenvalue weighted by Gasteiger charge is -2.23. The average molecular weight is 521 g/mol. The summed E-state index contributed by atoms with van der Waals surface area (Å²) in [7, 11) is 0. The molecule has 0 bridgehead atoms. The number of aliphatic imine (C=N–C) groups is 1. The highest BCUT2D eigenvalue weighted by Crippen LogP contribution is 2.38. The molecule has 0 aromatic heterocycles. The highest BCUT2D eigenvalue weighted by Gasteiger charge is 2.39. The van der Waals surface area contributed by atoms with E-state index in [9.17, 15) is 14.0 Å². The first-order valence-corrected chi connectivity index (χ1v) is 12.7. The second kappa shape index (κ2) is 10.2. The first kappa shape index (κ1) is 24.2. The van der Waals surface area contributed by atoms with Crippen LogP contribution in [0.4, 0.5) is 10.1 Å². The second-order valence-corrected chi connectivity index (χ2v) is 10.2. The van der Waals surface area contributed by atoms with Crippen molar-refractivity contribution in [1.82, 2.24) is 5.01 Å². The predicted octanol–water partition coefficient (Wildman–Crippen LogP) is 5.97. The molecule has 2 aliphatic heterocycles. The molecule has 9 heteroatoms. The Morgan fingerprint density at radius 2 is 1.78 bits per heavy atom. The summed E-state index contributed by atoms with van der Waals surface area (Å²) < 4.78 is 13.5. The van der Waals surface area contributed by atoms with Gasteiger partial charge in [0.1, 0.15) is 11.1 Å². The van der Waals surface area contributed by atoms with Gasteiger partial charge in [0, 0.05) is 23.6 Å².